The Bertz CT molecular complexity index is 843. The van der Waals surface area contributed by atoms with Gasteiger partial charge in [0.2, 0.25) is 11.7 Å². The van der Waals surface area contributed by atoms with Gasteiger partial charge in [0.25, 0.3) is 5.91 Å². The first kappa shape index (κ1) is 18.6. The van der Waals surface area contributed by atoms with Crippen LogP contribution in [-0.4, -0.2) is 39.2 Å². The zero-order chi connectivity index (χ0) is 19.4. The first-order valence-corrected chi connectivity index (χ1v) is 8.58. The molecule has 2 aromatic carbocycles. The first-order chi connectivity index (χ1) is 13.0. The molecule has 0 radical (unpaired) electrons. The summed E-state index contributed by atoms with van der Waals surface area (Å²) >= 11 is 0. The fraction of sp³-hybridized carbons (Fsp3) is 0.300. The maximum absolute atomic E-state index is 12.3. The minimum absolute atomic E-state index is 0.0182. The third kappa shape index (κ3) is 3.97. The molecule has 0 atom stereocenters. The van der Waals surface area contributed by atoms with E-state index in [1.807, 2.05) is 12.1 Å². The number of rotatable bonds is 6. The molecule has 1 aliphatic rings. The zero-order valence-corrected chi connectivity index (χ0v) is 15.6. The topological polar surface area (TPSA) is 77.1 Å². The van der Waals surface area contributed by atoms with Gasteiger partial charge in [0.05, 0.1) is 14.2 Å². The van der Waals surface area contributed by atoms with Gasteiger partial charge in [-0.05, 0) is 42.3 Å². The predicted molar refractivity (Wildman–Crippen MR) is 102 cm³/mol. The van der Waals surface area contributed by atoms with Gasteiger partial charge in [-0.15, -0.1) is 0 Å². The largest absolute Gasteiger partial charge is 0.493 e. The molecule has 2 aromatic rings. The van der Waals surface area contributed by atoms with E-state index in [0.717, 1.165) is 17.7 Å². The minimum atomic E-state index is -0.302. The fourth-order valence-electron chi connectivity index (χ4n) is 3.10. The third-order valence-electron chi connectivity index (χ3n) is 4.37. The number of nitrogens with zero attached hydrogens (tertiary/aromatic N) is 1. The van der Waals surface area contributed by atoms with E-state index in [4.69, 9.17) is 14.2 Å². The summed E-state index contributed by atoms with van der Waals surface area (Å²) in [6.45, 7) is 2.03. The summed E-state index contributed by atoms with van der Waals surface area (Å²) in [4.78, 5) is 25.6. The quantitative estimate of drug-likeness (QED) is 0.846. The predicted octanol–water partition coefficient (Wildman–Crippen LogP) is 2.63. The van der Waals surface area contributed by atoms with E-state index >= 15 is 0 Å². The van der Waals surface area contributed by atoms with E-state index in [1.165, 1.54) is 14.2 Å². The maximum atomic E-state index is 12.3. The number of methoxy groups -OCH3 is 2. The van der Waals surface area contributed by atoms with Crippen molar-refractivity contribution in [1.82, 2.24) is 0 Å². The molecule has 0 unspecified atom stereocenters. The molecule has 0 aromatic heterocycles. The summed E-state index contributed by atoms with van der Waals surface area (Å²) in [5.74, 6) is 1.07. The van der Waals surface area contributed by atoms with E-state index in [9.17, 15) is 9.59 Å². The van der Waals surface area contributed by atoms with Crippen LogP contribution in [0.2, 0.25) is 0 Å². The number of anilines is 2. The average Bonchev–Trinajstić information content (AvgIpc) is 3.09. The molecule has 7 nitrogen and oxygen atoms in total. The lowest BCUT2D eigenvalue weighted by Gasteiger charge is -2.15. The molecule has 142 valence electrons. The highest BCUT2D eigenvalue weighted by Gasteiger charge is 2.22. The SMILES string of the molecule is COc1cccc(OC)c1OCC(=O)Nc1ccc2c(c1)CCN2C(C)=O. The van der Waals surface area contributed by atoms with Crippen molar-refractivity contribution in [3.8, 4) is 17.2 Å². The molecule has 1 heterocycles. The number of benzene rings is 2. The van der Waals surface area contributed by atoms with Crippen LogP contribution in [0.5, 0.6) is 17.2 Å². The van der Waals surface area contributed by atoms with Crippen LogP contribution in [0.25, 0.3) is 0 Å². The van der Waals surface area contributed by atoms with Crippen molar-refractivity contribution in [2.45, 2.75) is 13.3 Å². The lowest BCUT2D eigenvalue weighted by Crippen LogP contribution is -2.25. The molecule has 2 amide bonds. The standard InChI is InChI=1S/C20H22N2O5/c1-13(23)22-10-9-14-11-15(7-8-16(14)22)21-19(24)12-27-20-17(25-2)5-4-6-18(20)26-3/h4-8,11H,9-10,12H2,1-3H3,(H,21,24). The Labute approximate surface area is 157 Å². The number of hydrogen-bond acceptors (Lipinski definition) is 5. The second kappa shape index (κ2) is 7.99. The highest BCUT2D eigenvalue weighted by atomic mass is 16.5. The molecule has 7 heteroatoms. The van der Waals surface area contributed by atoms with Gasteiger partial charge in [-0.1, -0.05) is 6.07 Å². The molecule has 1 N–H and O–H groups in total. The Hall–Kier alpha value is -3.22. The summed E-state index contributed by atoms with van der Waals surface area (Å²) in [6, 6.07) is 10.8. The molecule has 0 bridgehead atoms. The second-order valence-electron chi connectivity index (χ2n) is 6.09. The Morgan fingerprint density at radius 1 is 1.11 bits per heavy atom. The van der Waals surface area contributed by atoms with Crippen molar-refractivity contribution in [2.24, 2.45) is 0 Å². The van der Waals surface area contributed by atoms with Crippen LogP contribution >= 0.6 is 0 Å². The molecule has 1 aliphatic heterocycles. The Balaban J connectivity index is 1.65. The van der Waals surface area contributed by atoms with E-state index in [-0.39, 0.29) is 18.4 Å². The van der Waals surface area contributed by atoms with E-state index in [1.54, 1.807) is 36.1 Å². The smallest absolute Gasteiger partial charge is 0.262 e. The molecule has 0 saturated carbocycles. The molecule has 0 aliphatic carbocycles. The van der Waals surface area contributed by atoms with Crippen molar-refractivity contribution in [2.75, 3.05) is 37.6 Å². The lowest BCUT2D eigenvalue weighted by atomic mass is 10.1. The van der Waals surface area contributed by atoms with Crippen molar-refractivity contribution < 1.29 is 23.8 Å². The van der Waals surface area contributed by atoms with E-state index in [0.29, 0.717) is 29.5 Å². The van der Waals surface area contributed by atoms with Gasteiger partial charge in [0.1, 0.15) is 0 Å². The number of carbonyl (C=O) groups excluding carboxylic acids is 2. The van der Waals surface area contributed by atoms with E-state index < -0.39 is 0 Å². The second-order valence-corrected chi connectivity index (χ2v) is 6.09. The summed E-state index contributed by atoms with van der Waals surface area (Å²) < 4.78 is 16.1. The average molecular weight is 370 g/mol. The number of amides is 2. The summed E-state index contributed by atoms with van der Waals surface area (Å²) in [5, 5.41) is 2.81. The number of nitrogens with one attached hydrogen (secondary N) is 1. The van der Waals surface area contributed by atoms with Crippen LogP contribution in [0.15, 0.2) is 36.4 Å². The molecule has 0 spiro atoms. The molecular formula is C20H22N2O5. The van der Waals surface area contributed by atoms with E-state index in [2.05, 4.69) is 5.32 Å². The molecule has 27 heavy (non-hydrogen) atoms. The Kier molecular flexibility index (Phi) is 5.49. The van der Waals surface area contributed by atoms with Crippen molar-refractivity contribution in [3.63, 3.8) is 0 Å². The monoisotopic (exact) mass is 370 g/mol. The number of para-hydroxylation sites is 1. The van der Waals surface area contributed by atoms with Crippen LogP contribution in [-0.2, 0) is 16.0 Å². The van der Waals surface area contributed by atoms with Crippen LogP contribution in [0.3, 0.4) is 0 Å². The summed E-state index contributed by atoms with van der Waals surface area (Å²) in [5.41, 5.74) is 2.60. The van der Waals surface area contributed by atoms with Crippen LogP contribution in [0.1, 0.15) is 12.5 Å². The number of carbonyl (C=O) groups is 2. The van der Waals surface area contributed by atoms with Crippen LogP contribution < -0.4 is 24.4 Å². The van der Waals surface area contributed by atoms with Crippen LogP contribution in [0.4, 0.5) is 11.4 Å². The highest BCUT2D eigenvalue weighted by Crippen LogP contribution is 2.36. The normalized spacial score (nSPS) is 12.3. The molecule has 0 saturated heterocycles. The summed E-state index contributed by atoms with van der Waals surface area (Å²) in [7, 11) is 3.05. The van der Waals surface area contributed by atoms with Crippen molar-refractivity contribution >= 4 is 23.2 Å². The number of hydrogen-bond donors (Lipinski definition) is 1. The number of fused-ring (bicyclic) bond motifs is 1. The van der Waals surface area contributed by atoms with Gasteiger partial charge >= 0.3 is 0 Å². The zero-order valence-electron chi connectivity index (χ0n) is 15.6. The van der Waals surface area contributed by atoms with Gasteiger partial charge in [0, 0.05) is 24.8 Å². The molecular weight excluding hydrogens is 348 g/mol. The first-order valence-electron chi connectivity index (χ1n) is 8.58. The Morgan fingerprint density at radius 3 is 2.44 bits per heavy atom. The highest BCUT2D eigenvalue weighted by molar-refractivity contribution is 5.96. The summed E-state index contributed by atoms with van der Waals surface area (Å²) in [6.07, 6.45) is 0.771. The lowest BCUT2D eigenvalue weighted by molar-refractivity contribution is -0.118. The Morgan fingerprint density at radius 2 is 1.81 bits per heavy atom. The fourth-order valence-corrected chi connectivity index (χ4v) is 3.10. The molecule has 3 rings (SSSR count). The van der Waals surface area contributed by atoms with Crippen LogP contribution in [0, 0.1) is 0 Å². The minimum Gasteiger partial charge on any atom is -0.493 e. The van der Waals surface area contributed by atoms with Crippen molar-refractivity contribution in [1.29, 1.82) is 0 Å². The van der Waals surface area contributed by atoms with Gasteiger partial charge in [0.15, 0.2) is 18.1 Å². The van der Waals surface area contributed by atoms with Gasteiger partial charge < -0.3 is 24.4 Å². The third-order valence-corrected chi connectivity index (χ3v) is 4.37. The van der Waals surface area contributed by atoms with Crippen molar-refractivity contribution in [3.05, 3.63) is 42.0 Å². The number of ether oxygens (including phenoxy) is 3. The molecule has 0 fully saturated rings. The van der Waals surface area contributed by atoms with Gasteiger partial charge in [-0.3, -0.25) is 9.59 Å². The van der Waals surface area contributed by atoms with Gasteiger partial charge in [-0.2, -0.15) is 0 Å². The van der Waals surface area contributed by atoms with Gasteiger partial charge in [-0.25, -0.2) is 0 Å². The maximum Gasteiger partial charge on any atom is 0.262 e.